The van der Waals surface area contributed by atoms with Crippen molar-refractivity contribution in [3.05, 3.63) is 86.5 Å². The number of methoxy groups -OCH3 is 3. The molecular weight excluding hydrogens is 468 g/mol. The highest BCUT2D eigenvalue weighted by molar-refractivity contribution is 5.52. The Morgan fingerprint density at radius 1 is 0.595 bits per heavy atom. The van der Waals surface area contributed by atoms with Crippen LogP contribution in [0.1, 0.15) is 63.4 Å². The van der Waals surface area contributed by atoms with Crippen molar-refractivity contribution in [2.24, 2.45) is 0 Å². The zero-order valence-corrected chi connectivity index (χ0v) is 23.1. The highest BCUT2D eigenvalue weighted by atomic mass is 16.5. The lowest BCUT2D eigenvalue weighted by Crippen LogP contribution is -2.26. The molecule has 200 valence electrons. The molecule has 0 heterocycles. The average Bonchev–Trinajstić information content (AvgIpc) is 2.86. The Hall–Kier alpha value is -3.06. The zero-order chi connectivity index (χ0) is 27.3. The Morgan fingerprint density at radius 3 is 1.38 bits per heavy atom. The maximum atomic E-state index is 10.7. The fourth-order valence-corrected chi connectivity index (χ4v) is 5.07. The minimum Gasteiger partial charge on any atom is -0.507 e. The summed E-state index contributed by atoms with van der Waals surface area (Å²) in [6, 6.07) is 12.1. The number of phenols is 3. The summed E-state index contributed by atoms with van der Waals surface area (Å²) in [5, 5.41) is 31.8. The topological polar surface area (TPSA) is 88.4 Å². The van der Waals surface area contributed by atoms with Gasteiger partial charge >= 0.3 is 0 Å². The van der Waals surface area contributed by atoms with Crippen molar-refractivity contribution in [2.45, 2.75) is 65.8 Å². The normalized spacial score (nSPS) is 11.8. The van der Waals surface area contributed by atoms with Gasteiger partial charge in [-0.1, -0.05) is 25.1 Å². The van der Waals surface area contributed by atoms with E-state index in [0.717, 1.165) is 62.9 Å². The highest BCUT2D eigenvalue weighted by Gasteiger charge is 2.31. The quantitative estimate of drug-likeness (QED) is 0.290. The van der Waals surface area contributed by atoms with Gasteiger partial charge in [-0.15, -0.1) is 0 Å². The van der Waals surface area contributed by atoms with Gasteiger partial charge in [0, 0.05) is 43.4 Å². The lowest BCUT2D eigenvalue weighted by atomic mass is 9.71. The number of rotatable bonds is 11. The first-order valence-electron chi connectivity index (χ1n) is 12.5. The fourth-order valence-electron chi connectivity index (χ4n) is 5.07. The number of aryl methyl sites for hydroxylation is 4. The second-order valence-corrected chi connectivity index (χ2v) is 10.2. The van der Waals surface area contributed by atoms with Gasteiger partial charge in [0.1, 0.15) is 17.2 Å². The fraction of sp³-hybridized carbons (Fsp3) is 0.419. The Balaban J connectivity index is 2.17. The van der Waals surface area contributed by atoms with Gasteiger partial charge in [0.15, 0.2) is 0 Å². The van der Waals surface area contributed by atoms with Crippen LogP contribution in [0.4, 0.5) is 0 Å². The molecule has 0 fully saturated rings. The van der Waals surface area contributed by atoms with E-state index in [1.807, 2.05) is 57.2 Å². The van der Waals surface area contributed by atoms with Gasteiger partial charge in [0.2, 0.25) is 0 Å². The van der Waals surface area contributed by atoms with E-state index in [1.54, 1.807) is 21.3 Å². The van der Waals surface area contributed by atoms with E-state index >= 15 is 0 Å². The van der Waals surface area contributed by atoms with Crippen LogP contribution in [0.2, 0.25) is 0 Å². The molecule has 3 aromatic rings. The molecule has 0 spiro atoms. The van der Waals surface area contributed by atoms with Crippen LogP contribution in [0, 0.1) is 20.8 Å². The predicted octanol–water partition coefficient (Wildman–Crippen LogP) is 6.11. The number of hydrogen-bond donors (Lipinski definition) is 3. The van der Waals surface area contributed by atoms with E-state index in [-0.39, 0.29) is 17.2 Å². The van der Waals surface area contributed by atoms with Crippen LogP contribution < -0.4 is 0 Å². The van der Waals surface area contributed by atoms with Crippen LogP contribution in [0.3, 0.4) is 0 Å². The second-order valence-electron chi connectivity index (χ2n) is 10.2. The van der Waals surface area contributed by atoms with Crippen LogP contribution >= 0.6 is 0 Å². The first-order valence-corrected chi connectivity index (χ1v) is 12.5. The number of ether oxygens (including phenoxy) is 3. The third-order valence-corrected chi connectivity index (χ3v) is 7.29. The van der Waals surface area contributed by atoms with Crippen molar-refractivity contribution >= 4 is 0 Å². The van der Waals surface area contributed by atoms with Gasteiger partial charge in [-0.3, -0.25) is 0 Å². The van der Waals surface area contributed by atoms with Crippen molar-refractivity contribution in [3.8, 4) is 17.2 Å². The van der Waals surface area contributed by atoms with Gasteiger partial charge < -0.3 is 29.5 Å². The van der Waals surface area contributed by atoms with Gasteiger partial charge in [-0.05, 0) is 85.2 Å². The first kappa shape index (κ1) is 28.5. The summed E-state index contributed by atoms with van der Waals surface area (Å²) in [6.45, 7) is 8.84. The molecule has 0 aliphatic carbocycles. The molecule has 0 bridgehead atoms. The molecule has 0 aliphatic rings. The second kappa shape index (κ2) is 12.0. The number of hydrogen-bond acceptors (Lipinski definition) is 6. The van der Waals surface area contributed by atoms with E-state index in [4.69, 9.17) is 14.2 Å². The Morgan fingerprint density at radius 2 is 0.973 bits per heavy atom. The maximum absolute atomic E-state index is 10.7. The van der Waals surface area contributed by atoms with E-state index in [2.05, 4.69) is 6.92 Å². The number of phenolic OH excluding ortho intramolecular Hbond substituents is 3. The molecule has 0 aliphatic heterocycles. The van der Waals surface area contributed by atoms with Crippen molar-refractivity contribution in [2.75, 3.05) is 21.3 Å². The number of benzene rings is 3. The molecule has 3 rings (SSSR count). The van der Waals surface area contributed by atoms with E-state index in [9.17, 15) is 15.3 Å². The molecule has 0 amide bonds. The first-order chi connectivity index (χ1) is 17.5. The Labute approximate surface area is 220 Å². The van der Waals surface area contributed by atoms with Crippen molar-refractivity contribution in [1.82, 2.24) is 0 Å². The predicted molar refractivity (Wildman–Crippen MR) is 145 cm³/mol. The highest BCUT2D eigenvalue weighted by Crippen LogP contribution is 2.42. The smallest absolute Gasteiger partial charge is 0.124 e. The van der Waals surface area contributed by atoms with E-state index < -0.39 is 5.41 Å². The zero-order valence-electron chi connectivity index (χ0n) is 23.1. The molecule has 0 aromatic heterocycles. The van der Waals surface area contributed by atoms with Gasteiger partial charge in [0.05, 0.1) is 19.8 Å². The van der Waals surface area contributed by atoms with Crippen LogP contribution in [0.25, 0.3) is 0 Å². The molecule has 0 unspecified atom stereocenters. The molecule has 0 radical (unpaired) electrons. The molecule has 6 nitrogen and oxygen atoms in total. The summed E-state index contributed by atoms with van der Waals surface area (Å²) in [4.78, 5) is 0. The minimum absolute atomic E-state index is 0.244. The van der Waals surface area contributed by atoms with Crippen molar-refractivity contribution < 1.29 is 29.5 Å². The van der Waals surface area contributed by atoms with Gasteiger partial charge in [-0.2, -0.15) is 0 Å². The monoisotopic (exact) mass is 508 g/mol. The third kappa shape index (κ3) is 6.09. The summed E-state index contributed by atoms with van der Waals surface area (Å²) >= 11 is 0. The lowest BCUT2D eigenvalue weighted by molar-refractivity contribution is 0.181. The van der Waals surface area contributed by atoms with Crippen LogP contribution in [-0.4, -0.2) is 36.6 Å². The van der Waals surface area contributed by atoms with Crippen molar-refractivity contribution in [3.63, 3.8) is 0 Å². The van der Waals surface area contributed by atoms with Gasteiger partial charge in [0.25, 0.3) is 0 Å². The SMILES string of the molecule is COCc1cc(CCC(C)(c2cc(C)c(O)c(COC)c2)c2cc(C)c(O)c(COC)c2)cc(C)c1O. The van der Waals surface area contributed by atoms with Gasteiger partial charge in [-0.25, -0.2) is 0 Å². The van der Waals surface area contributed by atoms with Crippen LogP contribution in [0.5, 0.6) is 17.2 Å². The summed E-state index contributed by atoms with van der Waals surface area (Å²) in [5.74, 6) is 0.756. The summed E-state index contributed by atoms with van der Waals surface area (Å²) in [7, 11) is 4.85. The maximum Gasteiger partial charge on any atom is 0.124 e. The van der Waals surface area contributed by atoms with Crippen LogP contribution in [-0.2, 0) is 45.9 Å². The third-order valence-electron chi connectivity index (χ3n) is 7.29. The van der Waals surface area contributed by atoms with Crippen molar-refractivity contribution in [1.29, 1.82) is 0 Å². The van der Waals surface area contributed by atoms with E-state index in [1.165, 1.54) is 0 Å². The summed E-state index contributed by atoms with van der Waals surface area (Å²) < 4.78 is 16.0. The average molecular weight is 509 g/mol. The van der Waals surface area contributed by atoms with Crippen LogP contribution in [0.15, 0.2) is 36.4 Å². The minimum atomic E-state index is -0.463. The summed E-state index contributed by atoms with van der Waals surface area (Å²) in [6.07, 6.45) is 1.49. The van der Waals surface area contributed by atoms with E-state index in [0.29, 0.717) is 19.8 Å². The molecule has 6 heteroatoms. The molecule has 0 saturated carbocycles. The molecule has 37 heavy (non-hydrogen) atoms. The lowest BCUT2D eigenvalue weighted by Gasteiger charge is -2.33. The Kier molecular flexibility index (Phi) is 9.24. The standard InChI is InChI=1S/C31H40O6/c1-19-10-22(13-23(16-35-5)28(19)32)8-9-31(4,26-11-20(2)29(33)24(14-26)17-36-6)27-12-21(3)30(34)25(15-27)18-37-7/h10-15,32-34H,8-9,16-18H2,1-7H3. The largest absolute Gasteiger partial charge is 0.507 e. The molecule has 3 aromatic carbocycles. The molecule has 0 saturated heterocycles. The number of aromatic hydroxyl groups is 3. The molecular formula is C31H40O6. The molecule has 0 atom stereocenters. The molecule has 3 N–H and O–H groups in total. The summed E-state index contributed by atoms with van der Waals surface area (Å²) in [5.41, 5.74) is 7.37. The Bertz CT molecular complexity index is 1190.